The predicted octanol–water partition coefficient (Wildman–Crippen LogP) is 2.72. The van der Waals surface area contributed by atoms with Gasteiger partial charge in [0.25, 0.3) is 0 Å². The Morgan fingerprint density at radius 3 is 2.30 bits per heavy atom. The molecule has 1 heterocycles. The summed E-state index contributed by atoms with van der Waals surface area (Å²) >= 11 is 0. The standard InChI is InChI=1S/C28H42O9/c1-9-13(3)11-18(30)36-25-15(5)19-21(22(24(25)32)28(8)12-34-28)20(16(6)35-17(7)29)26(23(19)31)37-27(33)14(4)10-2/h11,14,16,19-26,31-32H,5,9-10,12H2,1-4,6-8H3/b13-11+/t14?,16-,19+,20-,21+,22+,23+,24-,25+,26-,28-/m1/s1. The second-order valence-corrected chi connectivity index (χ2v) is 11.1. The lowest BCUT2D eigenvalue weighted by Crippen LogP contribution is -2.56. The van der Waals surface area contributed by atoms with E-state index in [-0.39, 0.29) is 0 Å². The second kappa shape index (κ2) is 11.3. The van der Waals surface area contributed by atoms with Crippen LogP contribution in [0.2, 0.25) is 0 Å². The average molecular weight is 523 g/mol. The highest BCUT2D eigenvalue weighted by Crippen LogP contribution is 2.59. The van der Waals surface area contributed by atoms with E-state index in [1.165, 1.54) is 13.0 Å². The fourth-order valence-corrected chi connectivity index (χ4v) is 6.04. The SMILES string of the molecule is C=C1[C@@H]2[C@H](O)[C@H](OC(=O)C(C)CC)[C@H]([C@@H](C)OC(C)=O)[C@H]2[C@H]([C@@]2(C)CO2)[C@@H](O)[C@H]1OC(=O)/C=C(\C)CC. The summed E-state index contributed by atoms with van der Waals surface area (Å²) < 4.78 is 22.9. The molecule has 9 heteroatoms. The van der Waals surface area contributed by atoms with Crippen LogP contribution in [0.5, 0.6) is 0 Å². The maximum absolute atomic E-state index is 12.8. The molecule has 2 saturated carbocycles. The van der Waals surface area contributed by atoms with Gasteiger partial charge in [-0.05, 0) is 45.1 Å². The molecule has 9 nitrogen and oxygen atoms in total. The summed E-state index contributed by atoms with van der Waals surface area (Å²) in [7, 11) is 0. The Hall–Kier alpha value is -2.23. The van der Waals surface area contributed by atoms with Crippen molar-refractivity contribution < 1.29 is 43.5 Å². The molecule has 3 rings (SSSR count). The van der Waals surface area contributed by atoms with Gasteiger partial charge < -0.3 is 29.2 Å². The molecular weight excluding hydrogens is 480 g/mol. The largest absolute Gasteiger partial charge is 0.462 e. The van der Waals surface area contributed by atoms with Crippen LogP contribution in [0.1, 0.15) is 61.3 Å². The number of aliphatic hydroxyl groups is 2. The summed E-state index contributed by atoms with van der Waals surface area (Å²) in [5, 5.41) is 23.2. The molecule has 0 aromatic rings. The number of esters is 3. The number of carbonyl (C=O) groups is 3. The molecule has 0 bridgehead atoms. The third kappa shape index (κ3) is 5.78. The number of allylic oxidation sites excluding steroid dienone is 1. The van der Waals surface area contributed by atoms with Crippen LogP contribution in [-0.4, -0.2) is 70.8 Å². The van der Waals surface area contributed by atoms with Gasteiger partial charge in [0.05, 0.1) is 24.2 Å². The lowest BCUT2D eigenvalue weighted by molar-refractivity contribution is -0.170. The van der Waals surface area contributed by atoms with E-state index in [0.717, 1.165) is 5.57 Å². The van der Waals surface area contributed by atoms with Gasteiger partial charge >= 0.3 is 17.9 Å². The van der Waals surface area contributed by atoms with E-state index in [1.807, 2.05) is 27.7 Å². The highest BCUT2D eigenvalue weighted by molar-refractivity contribution is 5.83. The first-order valence-electron chi connectivity index (χ1n) is 13.2. The highest BCUT2D eigenvalue weighted by atomic mass is 16.6. The van der Waals surface area contributed by atoms with Crippen LogP contribution in [-0.2, 0) is 33.3 Å². The van der Waals surface area contributed by atoms with Crippen LogP contribution < -0.4 is 0 Å². The smallest absolute Gasteiger partial charge is 0.331 e. The normalized spacial score (nSPS) is 38.8. The summed E-state index contributed by atoms with van der Waals surface area (Å²) in [6.07, 6.45) is -2.65. The molecule has 0 radical (unpaired) electrons. The number of aliphatic hydroxyl groups excluding tert-OH is 2. The maximum atomic E-state index is 12.8. The first-order chi connectivity index (χ1) is 17.3. The lowest BCUT2D eigenvalue weighted by Gasteiger charge is -2.47. The third-order valence-corrected chi connectivity index (χ3v) is 8.46. The van der Waals surface area contributed by atoms with E-state index in [2.05, 4.69) is 6.58 Å². The summed E-state index contributed by atoms with van der Waals surface area (Å²) in [6, 6.07) is 0. The number of fused-ring (bicyclic) bond motifs is 1. The first-order valence-corrected chi connectivity index (χ1v) is 13.2. The van der Waals surface area contributed by atoms with Crippen molar-refractivity contribution in [3.8, 4) is 0 Å². The van der Waals surface area contributed by atoms with Crippen molar-refractivity contribution in [2.24, 2.45) is 29.6 Å². The Kier molecular flexibility index (Phi) is 8.92. The molecule has 3 aliphatic rings. The Bertz CT molecular complexity index is 936. The molecule has 0 aromatic carbocycles. The van der Waals surface area contributed by atoms with Gasteiger partial charge in [0, 0.05) is 30.8 Å². The van der Waals surface area contributed by atoms with E-state index < -0.39 is 83.6 Å². The van der Waals surface area contributed by atoms with Crippen molar-refractivity contribution in [1.29, 1.82) is 0 Å². The van der Waals surface area contributed by atoms with Gasteiger partial charge in [-0.3, -0.25) is 9.59 Å². The average Bonchev–Trinajstić information content (AvgIpc) is 3.50. The quantitative estimate of drug-likeness (QED) is 0.154. The number of epoxide rings is 1. The van der Waals surface area contributed by atoms with Gasteiger partial charge in [0.15, 0.2) is 0 Å². The molecular formula is C28H42O9. The predicted molar refractivity (Wildman–Crippen MR) is 134 cm³/mol. The minimum absolute atomic E-state index is 0.337. The molecule has 1 unspecified atom stereocenters. The molecule has 2 N–H and O–H groups in total. The topological polar surface area (TPSA) is 132 Å². The van der Waals surface area contributed by atoms with Crippen LogP contribution in [0.25, 0.3) is 0 Å². The number of ether oxygens (including phenoxy) is 4. The molecule has 208 valence electrons. The summed E-state index contributed by atoms with van der Waals surface area (Å²) in [4.78, 5) is 37.4. The van der Waals surface area contributed by atoms with E-state index in [4.69, 9.17) is 18.9 Å². The zero-order chi connectivity index (χ0) is 27.8. The monoisotopic (exact) mass is 522 g/mol. The molecule has 2 aliphatic carbocycles. The van der Waals surface area contributed by atoms with Crippen molar-refractivity contribution >= 4 is 17.9 Å². The Morgan fingerprint density at radius 2 is 1.78 bits per heavy atom. The zero-order valence-electron chi connectivity index (χ0n) is 22.9. The van der Waals surface area contributed by atoms with Gasteiger partial charge in [-0.25, -0.2) is 4.79 Å². The zero-order valence-corrected chi connectivity index (χ0v) is 22.9. The fourth-order valence-electron chi connectivity index (χ4n) is 6.04. The van der Waals surface area contributed by atoms with Crippen molar-refractivity contribution in [2.45, 2.75) is 97.4 Å². The summed E-state index contributed by atoms with van der Waals surface area (Å²) in [6.45, 7) is 16.7. The Labute approximate surface area is 219 Å². The molecule has 0 aromatic heterocycles. The summed E-state index contributed by atoms with van der Waals surface area (Å²) in [5.41, 5.74) is 0.399. The fraction of sp³-hybridized carbons (Fsp3) is 0.750. The van der Waals surface area contributed by atoms with E-state index in [9.17, 15) is 24.6 Å². The third-order valence-electron chi connectivity index (χ3n) is 8.46. The van der Waals surface area contributed by atoms with E-state index in [1.54, 1.807) is 13.8 Å². The van der Waals surface area contributed by atoms with Crippen LogP contribution >= 0.6 is 0 Å². The number of carbonyl (C=O) groups excluding carboxylic acids is 3. The van der Waals surface area contributed by atoms with Crippen LogP contribution in [0.15, 0.2) is 23.8 Å². The van der Waals surface area contributed by atoms with Crippen molar-refractivity contribution in [3.05, 3.63) is 23.8 Å². The lowest BCUT2D eigenvalue weighted by atomic mass is 9.61. The highest BCUT2D eigenvalue weighted by Gasteiger charge is 2.68. The number of hydrogen-bond donors (Lipinski definition) is 2. The summed E-state index contributed by atoms with van der Waals surface area (Å²) in [5.74, 6) is -4.45. The van der Waals surface area contributed by atoms with Crippen molar-refractivity contribution in [3.63, 3.8) is 0 Å². The molecule has 1 saturated heterocycles. The second-order valence-electron chi connectivity index (χ2n) is 11.1. The van der Waals surface area contributed by atoms with Crippen LogP contribution in [0, 0.1) is 29.6 Å². The van der Waals surface area contributed by atoms with Gasteiger partial charge in [0.2, 0.25) is 0 Å². The molecule has 3 fully saturated rings. The van der Waals surface area contributed by atoms with Gasteiger partial charge in [-0.2, -0.15) is 0 Å². The molecule has 11 atom stereocenters. The van der Waals surface area contributed by atoms with Crippen molar-refractivity contribution in [2.75, 3.05) is 6.61 Å². The van der Waals surface area contributed by atoms with Crippen LogP contribution in [0.4, 0.5) is 0 Å². The molecule has 37 heavy (non-hydrogen) atoms. The maximum Gasteiger partial charge on any atom is 0.331 e. The molecule has 0 spiro atoms. The first kappa shape index (κ1) is 29.3. The van der Waals surface area contributed by atoms with Gasteiger partial charge in [-0.1, -0.05) is 32.9 Å². The molecule has 1 aliphatic heterocycles. The number of hydrogen-bond acceptors (Lipinski definition) is 9. The minimum Gasteiger partial charge on any atom is -0.462 e. The Morgan fingerprint density at radius 1 is 1.16 bits per heavy atom. The molecule has 0 amide bonds. The number of rotatable bonds is 9. The van der Waals surface area contributed by atoms with E-state index >= 15 is 0 Å². The Balaban J connectivity index is 2.05. The van der Waals surface area contributed by atoms with Gasteiger partial charge in [0.1, 0.15) is 24.4 Å². The van der Waals surface area contributed by atoms with Crippen molar-refractivity contribution in [1.82, 2.24) is 0 Å². The van der Waals surface area contributed by atoms with Gasteiger partial charge in [-0.15, -0.1) is 0 Å². The van der Waals surface area contributed by atoms with Crippen LogP contribution in [0.3, 0.4) is 0 Å². The minimum atomic E-state index is -1.21. The van der Waals surface area contributed by atoms with E-state index in [0.29, 0.717) is 25.0 Å².